The minimum atomic E-state index is -0.378. The predicted molar refractivity (Wildman–Crippen MR) is 78.5 cm³/mol. The van der Waals surface area contributed by atoms with Crippen LogP contribution in [0.5, 0.6) is 0 Å². The second kappa shape index (κ2) is 8.35. The summed E-state index contributed by atoms with van der Waals surface area (Å²) in [4.78, 5) is 0. The van der Waals surface area contributed by atoms with Crippen molar-refractivity contribution < 1.29 is 5.11 Å². The van der Waals surface area contributed by atoms with Crippen molar-refractivity contribution in [3.05, 3.63) is 28.8 Å². The summed E-state index contributed by atoms with van der Waals surface area (Å²) < 4.78 is 0. The minimum absolute atomic E-state index is 0.378. The van der Waals surface area contributed by atoms with Crippen LogP contribution in [-0.4, -0.2) is 30.8 Å². The maximum Gasteiger partial charge on any atom is 0.0836 e. The highest BCUT2D eigenvalue weighted by Gasteiger charge is 2.04. The molecular formula is C14H23ClN2O. The number of nitrogens with one attached hydrogen (secondary N) is 2. The molecule has 102 valence electrons. The molecule has 0 saturated carbocycles. The predicted octanol–water partition coefficient (Wildman–Crippen LogP) is 2.81. The molecule has 0 spiro atoms. The molecule has 0 heterocycles. The summed E-state index contributed by atoms with van der Waals surface area (Å²) in [5, 5.41) is 17.0. The van der Waals surface area contributed by atoms with Crippen LogP contribution in [0.25, 0.3) is 0 Å². The van der Waals surface area contributed by atoms with E-state index in [-0.39, 0.29) is 6.10 Å². The maximum absolute atomic E-state index is 9.80. The molecule has 0 radical (unpaired) electrons. The van der Waals surface area contributed by atoms with Crippen LogP contribution in [0.3, 0.4) is 0 Å². The summed E-state index contributed by atoms with van der Waals surface area (Å²) in [6, 6.07) is 5.70. The van der Waals surface area contributed by atoms with Crippen molar-refractivity contribution in [2.75, 3.05) is 25.0 Å². The first-order valence-corrected chi connectivity index (χ1v) is 6.90. The van der Waals surface area contributed by atoms with Crippen molar-refractivity contribution in [1.29, 1.82) is 0 Å². The summed E-state index contributed by atoms with van der Waals surface area (Å²) in [5.74, 6) is 0. The van der Waals surface area contributed by atoms with Gasteiger partial charge in [0.05, 0.1) is 6.10 Å². The number of rotatable bonds is 8. The van der Waals surface area contributed by atoms with Crippen molar-refractivity contribution in [3.8, 4) is 0 Å². The van der Waals surface area contributed by atoms with Crippen LogP contribution in [-0.2, 0) is 0 Å². The van der Waals surface area contributed by atoms with Crippen molar-refractivity contribution in [3.63, 3.8) is 0 Å². The first-order valence-electron chi connectivity index (χ1n) is 6.52. The number of aryl methyl sites for hydroxylation is 1. The van der Waals surface area contributed by atoms with Crippen molar-refractivity contribution in [2.24, 2.45) is 0 Å². The number of hydrogen-bond acceptors (Lipinski definition) is 3. The van der Waals surface area contributed by atoms with Gasteiger partial charge in [-0.15, -0.1) is 0 Å². The van der Waals surface area contributed by atoms with E-state index in [9.17, 15) is 5.11 Å². The number of benzene rings is 1. The van der Waals surface area contributed by atoms with Gasteiger partial charge in [-0.2, -0.15) is 0 Å². The Morgan fingerprint density at radius 2 is 2.11 bits per heavy atom. The van der Waals surface area contributed by atoms with E-state index in [0.717, 1.165) is 29.2 Å². The first kappa shape index (κ1) is 15.3. The van der Waals surface area contributed by atoms with Gasteiger partial charge in [0, 0.05) is 23.8 Å². The fourth-order valence-corrected chi connectivity index (χ4v) is 1.92. The number of aliphatic hydroxyl groups excluding tert-OH is 1. The highest BCUT2D eigenvalue weighted by molar-refractivity contribution is 6.30. The summed E-state index contributed by atoms with van der Waals surface area (Å²) in [7, 11) is 0. The highest BCUT2D eigenvalue weighted by atomic mass is 35.5. The van der Waals surface area contributed by atoms with E-state index in [1.807, 2.05) is 25.1 Å². The largest absolute Gasteiger partial charge is 0.390 e. The summed E-state index contributed by atoms with van der Waals surface area (Å²) in [5.41, 5.74) is 2.11. The Morgan fingerprint density at radius 1 is 1.33 bits per heavy atom. The molecule has 0 saturated heterocycles. The average molecular weight is 271 g/mol. The molecule has 18 heavy (non-hydrogen) atoms. The minimum Gasteiger partial charge on any atom is -0.390 e. The lowest BCUT2D eigenvalue weighted by Gasteiger charge is -2.15. The molecule has 0 aromatic heterocycles. The molecule has 1 aromatic rings. The lowest BCUT2D eigenvalue weighted by Crippen LogP contribution is -2.32. The lowest BCUT2D eigenvalue weighted by molar-refractivity contribution is 0.184. The van der Waals surface area contributed by atoms with Gasteiger partial charge in [-0.25, -0.2) is 0 Å². The smallest absolute Gasteiger partial charge is 0.0836 e. The molecule has 0 aliphatic heterocycles. The van der Waals surface area contributed by atoms with Crippen LogP contribution in [0.4, 0.5) is 5.69 Å². The Labute approximate surface area is 115 Å². The molecule has 1 aromatic carbocycles. The van der Waals surface area contributed by atoms with Crippen LogP contribution >= 0.6 is 11.6 Å². The zero-order chi connectivity index (χ0) is 13.4. The fraction of sp³-hybridized carbons (Fsp3) is 0.571. The Hall–Kier alpha value is -0.770. The van der Waals surface area contributed by atoms with Gasteiger partial charge in [0.1, 0.15) is 0 Å². The van der Waals surface area contributed by atoms with E-state index in [2.05, 4.69) is 17.6 Å². The maximum atomic E-state index is 9.80. The molecule has 0 fully saturated rings. The van der Waals surface area contributed by atoms with Crippen LogP contribution in [0.2, 0.25) is 5.02 Å². The fourth-order valence-electron chi connectivity index (χ4n) is 1.70. The Morgan fingerprint density at radius 3 is 2.78 bits per heavy atom. The average Bonchev–Trinajstić information content (AvgIpc) is 2.33. The molecule has 0 amide bonds. The normalized spacial score (nSPS) is 12.4. The Kier molecular flexibility index (Phi) is 7.09. The Bertz CT molecular complexity index is 358. The first-order chi connectivity index (χ1) is 8.63. The van der Waals surface area contributed by atoms with Crippen LogP contribution in [0, 0.1) is 6.92 Å². The van der Waals surface area contributed by atoms with Gasteiger partial charge in [-0.1, -0.05) is 24.9 Å². The zero-order valence-electron chi connectivity index (χ0n) is 11.2. The van der Waals surface area contributed by atoms with Gasteiger partial charge in [0.15, 0.2) is 0 Å². The molecular weight excluding hydrogens is 248 g/mol. The topological polar surface area (TPSA) is 44.3 Å². The van der Waals surface area contributed by atoms with E-state index < -0.39 is 0 Å². The van der Waals surface area contributed by atoms with Gasteiger partial charge in [-0.05, 0) is 43.7 Å². The van der Waals surface area contributed by atoms with Gasteiger partial charge in [0.2, 0.25) is 0 Å². The number of hydrogen-bond donors (Lipinski definition) is 3. The Balaban J connectivity index is 2.27. The molecule has 3 N–H and O–H groups in total. The second-order valence-electron chi connectivity index (χ2n) is 4.55. The lowest BCUT2D eigenvalue weighted by atomic mass is 10.2. The number of halogens is 1. The molecule has 0 aliphatic rings. The number of aliphatic hydroxyl groups is 1. The van der Waals surface area contributed by atoms with Gasteiger partial charge >= 0.3 is 0 Å². The molecule has 1 rings (SSSR count). The van der Waals surface area contributed by atoms with Crippen LogP contribution in [0.1, 0.15) is 25.3 Å². The molecule has 0 unspecified atom stereocenters. The number of anilines is 1. The molecule has 4 heteroatoms. The highest BCUT2D eigenvalue weighted by Crippen LogP contribution is 2.19. The molecule has 0 aliphatic carbocycles. The van der Waals surface area contributed by atoms with E-state index in [1.165, 1.54) is 6.42 Å². The van der Waals surface area contributed by atoms with Gasteiger partial charge < -0.3 is 15.7 Å². The number of unbranched alkanes of at least 4 members (excludes halogenated alkanes) is 1. The van der Waals surface area contributed by atoms with Crippen LogP contribution < -0.4 is 10.6 Å². The van der Waals surface area contributed by atoms with Gasteiger partial charge in [-0.3, -0.25) is 0 Å². The SMILES string of the molecule is CCCCNC[C@H](O)CNc1ccc(Cl)cc1C. The van der Waals surface area contributed by atoms with Crippen molar-refractivity contribution in [1.82, 2.24) is 5.32 Å². The standard InChI is InChI=1S/C14H23ClN2O/c1-3-4-7-16-9-13(18)10-17-14-6-5-12(15)8-11(14)2/h5-6,8,13,16-18H,3-4,7,9-10H2,1-2H3/t13-/m0/s1. The molecule has 0 bridgehead atoms. The monoisotopic (exact) mass is 270 g/mol. The van der Waals surface area contributed by atoms with Crippen molar-refractivity contribution >= 4 is 17.3 Å². The molecule has 3 nitrogen and oxygen atoms in total. The quantitative estimate of drug-likeness (QED) is 0.637. The summed E-state index contributed by atoms with van der Waals surface area (Å²) in [6.45, 7) is 6.29. The van der Waals surface area contributed by atoms with E-state index >= 15 is 0 Å². The third-order valence-corrected chi connectivity index (χ3v) is 3.04. The van der Waals surface area contributed by atoms with E-state index in [1.54, 1.807) is 0 Å². The van der Waals surface area contributed by atoms with E-state index in [0.29, 0.717) is 13.1 Å². The van der Waals surface area contributed by atoms with E-state index in [4.69, 9.17) is 11.6 Å². The van der Waals surface area contributed by atoms with Gasteiger partial charge in [0.25, 0.3) is 0 Å². The van der Waals surface area contributed by atoms with Crippen LogP contribution in [0.15, 0.2) is 18.2 Å². The molecule has 1 atom stereocenters. The summed E-state index contributed by atoms with van der Waals surface area (Å²) in [6.07, 6.45) is 1.94. The third kappa shape index (κ3) is 5.71. The van der Waals surface area contributed by atoms with Crippen molar-refractivity contribution in [2.45, 2.75) is 32.8 Å². The zero-order valence-corrected chi connectivity index (χ0v) is 11.9. The third-order valence-electron chi connectivity index (χ3n) is 2.80. The summed E-state index contributed by atoms with van der Waals surface area (Å²) >= 11 is 5.89. The second-order valence-corrected chi connectivity index (χ2v) is 4.99.